The summed E-state index contributed by atoms with van der Waals surface area (Å²) in [5, 5.41) is 11.1. The molecule has 3 aliphatic rings. The van der Waals surface area contributed by atoms with E-state index in [1.54, 1.807) is 24.3 Å². The van der Waals surface area contributed by atoms with E-state index < -0.39 is 29.5 Å². The summed E-state index contributed by atoms with van der Waals surface area (Å²) in [4.78, 5) is 28.2. The Labute approximate surface area is 201 Å². The second-order valence-electron chi connectivity index (χ2n) is 11.1. The maximum Gasteiger partial charge on any atom is 0.494 e. The molecular formula is C27H32BNO5. The highest BCUT2D eigenvalue weighted by Crippen LogP contribution is 2.56. The number of fused-ring (bicyclic) bond motifs is 1. The lowest BCUT2D eigenvalue weighted by atomic mass is 9.59. The first-order chi connectivity index (χ1) is 15.9. The van der Waals surface area contributed by atoms with Gasteiger partial charge in [-0.2, -0.15) is 0 Å². The molecule has 6 nitrogen and oxygen atoms in total. The van der Waals surface area contributed by atoms with Gasteiger partial charge in [0.25, 0.3) is 11.8 Å². The Balaban J connectivity index is 1.50. The number of amides is 2. The van der Waals surface area contributed by atoms with Gasteiger partial charge in [0.1, 0.15) is 0 Å². The molecule has 2 aliphatic heterocycles. The summed E-state index contributed by atoms with van der Waals surface area (Å²) in [6.45, 7) is 10.1. The summed E-state index contributed by atoms with van der Waals surface area (Å²) < 4.78 is 12.4. The fraction of sp³-hybridized carbons (Fsp3) is 0.481. The van der Waals surface area contributed by atoms with Gasteiger partial charge in [-0.25, -0.2) is 0 Å². The zero-order chi connectivity index (χ0) is 24.5. The van der Waals surface area contributed by atoms with E-state index in [4.69, 9.17) is 9.31 Å². The van der Waals surface area contributed by atoms with Gasteiger partial charge >= 0.3 is 7.12 Å². The average Bonchev–Trinajstić information content (AvgIpc) is 3.15. The molecule has 2 amide bonds. The van der Waals surface area contributed by atoms with E-state index in [1.165, 1.54) is 4.90 Å². The average molecular weight is 461 g/mol. The normalized spacial score (nSPS) is 29.4. The number of carbonyl (C=O) groups is 2. The zero-order valence-electron chi connectivity index (χ0n) is 20.6. The van der Waals surface area contributed by atoms with E-state index in [2.05, 4.69) is 0 Å². The number of imide groups is 1. The molecule has 1 saturated carbocycles. The van der Waals surface area contributed by atoms with Crippen molar-refractivity contribution in [2.45, 2.75) is 82.6 Å². The van der Waals surface area contributed by atoms with Crippen LogP contribution in [0.2, 0.25) is 0 Å². The fourth-order valence-corrected chi connectivity index (χ4v) is 5.68. The number of hydrogen-bond donors (Lipinski definition) is 1. The third-order valence-electron chi connectivity index (χ3n) is 8.15. The lowest BCUT2D eigenvalue weighted by Crippen LogP contribution is -2.64. The first-order valence-corrected chi connectivity index (χ1v) is 12.1. The van der Waals surface area contributed by atoms with Crippen molar-refractivity contribution in [3.8, 4) is 0 Å². The third kappa shape index (κ3) is 3.28. The van der Waals surface area contributed by atoms with Crippen LogP contribution in [0.4, 0.5) is 0 Å². The Morgan fingerprint density at radius 3 is 1.85 bits per heavy atom. The standard InChI is InChI=1S/C27H32BNO5/c1-6-15-26(32)16-27(17-26,29-22(30)20-9-7-8-10-21(20)23(29)31)18-11-13-19(14-12-18)28-33-24(2,3)25(4,5)34-28/h7-14,32H,6,15-17H2,1-5H3/t26-,27-. The molecule has 2 aromatic carbocycles. The molecule has 0 aromatic heterocycles. The van der Waals surface area contributed by atoms with E-state index in [1.807, 2.05) is 58.9 Å². The highest BCUT2D eigenvalue weighted by molar-refractivity contribution is 6.62. The summed E-state index contributed by atoms with van der Waals surface area (Å²) in [5.41, 5.74) is -0.102. The smallest absolute Gasteiger partial charge is 0.399 e. The zero-order valence-corrected chi connectivity index (χ0v) is 20.6. The quantitative estimate of drug-likeness (QED) is 0.542. The number of carbonyl (C=O) groups excluding carboxylic acids is 2. The molecule has 0 radical (unpaired) electrons. The van der Waals surface area contributed by atoms with Gasteiger partial charge in [0.2, 0.25) is 0 Å². The molecule has 0 unspecified atom stereocenters. The van der Waals surface area contributed by atoms with Crippen LogP contribution in [0.3, 0.4) is 0 Å². The van der Waals surface area contributed by atoms with Gasteiger partial charge < -0.3 is 14.4 Å². The van der Waals surface area contributed by atoms with Gasteiger partial charge in [-0.05, 0) is 57.3 Å². The van der Waals surface area contributed by atoms with Crippen molar-refractivity contribution in [1.29, 1.82) is 0 Å². The van der Waals surface area contributed by atoms with Crippen LogP contribution in [0.25, 0.3) is 0 Å². The Morgan fingerprint density at radius 2 is 1.38 bits per heavy atom. The first-order valence-electron chi connectivity index (χ1n) is 12.1. The maximum absolute atomic E-state index is 13.4. The molecule has 0 bridgehead atoms. The summed E-state index contributed by atoms with van der Waals surface area (Å²) in [6, 6.07) is 14.7. The highest BCUT2D eigenvalue weighted by Gasteiger charge is 2.62. The Kier molecular flexibility index (Phi) is 5.14. The molecule has 0 spiro atoms. The number of benzene rings is 2. The fourth-order valence-electron chi connectivity index (χ4n) is 5.68. The van der Waals surface area contributed by atoms with E-state index in [9.17, 15) is 14.7 Å². The van der Waals surface area contributed by atoms with Gasteiger partial charge in [0, 0.05) is 12.8 Å². The van der Waals surface area contributed by atoms with Crippen molar-refractivity contribution in [3.63, 3.8) is 0 Å². The molecule has 1 aliphatic carbocycles. The van der Waals surface area contributed by atoms with E-state index in [0.717, 1.165) is 17.4 Å². The van der Waals surface area contributed by atoms with Crippen LogP contribution in [-0.4, -0.2) is 45.7 Å². The molecule has 7 heteroatoms. The van der Waals surface area contributed by atoms with Crippen molar-refractivity contribution in [2.75, 3.05) is 0 Å². The molecule has 178 valence electrons. The molecule has 34 heavy (non-hydrogen) atoms. The minimum Gasteiger partial charge on any atom is -0.399 e. The van der Waals surface area contributed by atoms with Crippen molar-refractivity contribution >= 4 is 24.4 Å². The topological polar surface area (TPSA) is 76.1 Å². The Bertz CT molecular complexity index is 1100. The molecule has 2 aromatic rings. The predicted octanol–water partition coefficient (Wildman–Crippen LogP) is 3.80. The second-order valence-corrected chi connectivity index (χ2v) is 11.1. The van der Waals surface area contributed by atoms with Crippen LogP contribution in [0.1, 0.15) is 86.6 Å². The van der Waals surface area contributed by atoms with Gasteiger partial charge in [-0.3, -0.25) is 14.5 Å². The van der Waals surface area contributed by atoms with Crippen LogP contribution in [-0.2, 0) is 14.8 Å². The third-order valence-corrected chi connectivity index (χ3v) is 8.15. The van der Waals surface area contributed by atoms with Crippen LogP contribution in [0, 0.1) is 0 Å². The molecule has 0 atom stereocenters. The number of nitrogens with zero attached hydrogens (tertiary/aromatic N) is 1. The molecule has 5 rings (SSSR count). The van der Waals surface area contributed by atoms with Gasteiger partial charge in [0.15, 0.2) is 0 Å². The summed E-state index contributed by atoms with van der Waals surface area (Å²) >= 11 is 0. The van der Waals surface area contributed by atoms with Crippen molar-refractivity contribution in [3.05, 3.63) is 65.2 Å². The van der Waals surface area contributed by atoms with Crippen LogP contribution < -0.4 is 5.46 Å². The minimum atomic E-state index is -0.894. The monoisotopic (exact) mass is 461 g/mol. The van der Waals surface area contributed by atoms with Gasteiger partial charge in [-0.1, -0.05) is 49.7 Å². The van der Waals surface area contributed by atoms with Gasteiger partial charge in [0.05, 0.1) is 33.5 Å². The highest BCUT2D eigenvalue weighted by atomic mass is 16.7. The van der Waals surface area contributed by atoms with Gasteiger partial charge in [-0.15, -0.1) is 0 Å². The second kappa shape index (κ2) is 7.51. The summed E-state index contributed by atoms with van der Waals surface area (Å²) in [7, 11) is -0.493. The molecule has 2 fully saturated rings. The molecule has 2 heterocycles. The molecule has 1 saturated heterocycles. The predicted molar refractivity (Wildman–Crippen MR) is 130 cm³/mol. The largest absolute Gasteiger partial charge is 0.494 e. The number of aliphatic hydroxyl groups is 1. The Hall–Kier alpha value is -2.48. The van der Waals surface area contributed by atoms with Crippen LogP contribution in [0.5, 0.6) is 0 Å². The summed E-state index contributed by atoms with van der Waals surface area (Å²) in [6.07, 6.45) is 2.11. The maximum atomic E-state index is 13.4. The van der Waals surface area contributed by atoms with Crippen LogP contribution >= 0.6 is 0 Å². The van der Waals surface area contributed by atoms with E-state index >= 15 is 0 Å². The molecule has 1 N–H and O–H groups in total. The van der Waals surface area contributed by atoms with E-state index in [0.29, 0.717) is 30.4 Å². The number of rotatable bonds is 5. The van der Waals surface area contributed by atoms with E-state index in [-0.39, 0.29) is 11.8 Å². The first kappa shape index (κ1) is 23.3. The lowest BCUT2D eigenvalue weighted by Gasteiger charge is -2.57. The van der Waals surface area contributed by atoms with Crippen molar-refractivity contribution < 1.29 is 24.0 Å². The number of hydrogen-bond acceptors (Lipinski definition) is 5. The van der Waals surface area contributed by atoms with Crippen molar-refractivity contribution in [1.82, 2.24) is 4.90 Å². The lowest BCUT2D eigenvalue weighted by molar-refractivity contribution is -0.135. The Morgan fingerprint density at radius 1 is 0.882 bits per heavy atom. The van der Waals surface area contributed by atoms with Crippen molar-refractivity contribution in [2.24, 2.45) is 0 Å². The molecular weight excluding hydrogens is 429 g/mol. The SMILES string of the molecule is CCC[C@]1(O)C[C@](c2ccc(B3OC(C)(C)C(C)(C)O3)cc2)(N2C(=O)c3ccccc3C2=O)C1. The van der Waals surface area contributed by atoms with Crippen LogP contribution in [0.15, 0.2) is 48.5 Å². The summed E-state index contributed by atoms with van der Waals surface area (Å²) in [5.74, 6) is -0.594. The minimum absolute atomic E-state index is 0.297.